The maximum atomic E-state index is 6.01. The van der Waals surface area contributed by atoms with Crippen LogP contribution in [0.1, 0.15) is 27.2 Å². The summed E-state index contributed by atoms with van der Waals surface area (Å²) in [7, 11) is -2.54. The van der Waals surface area contributed by atoms with Gasteiger partial charge >= 0.3 is 164 Å². The van der Waals surface area contributed by atoms with Crippen LogP contribution in [0.25, 0.3) is 0 Å². The van der Waals surface area contributed by atoms with Crippen LogP contribution in [0.5, 0.6) is 0 Å². The van der Waals surface area contributed by atoms with E-state index in [1.807, 2.05) is 20.8 Å². The van der Waals surface area contributed by atoms with Gasteiger partial charge in [-0.25, -0.2) is 0 Å². The predicted octanol–water partition coefficient (Wildman–Crippen LogP) is 3.73. The molecular formula is C21H31AsO3Si. The van der Waals surface area contributed by atoms with E-state index in [9.17, 15) is 0 Å². The Hall–Kier alpha value is -0.905. The molecule has 0 fully saturated rings. The van der Waals surface area contributed by atoms with E-state index in [0.29, 0.717) is 19.8 Å². The van der Waals surface area contributed by atoms with Crippen LogP contribution >= 0.6 is 0 Å². The average Bonchev–Trinajstić information content (AvgIpc) is 2.67. The summed E-state index contributed by atoms with van der Waals surface area (Å²) in [6.45, 7) is 7.99. The van der Waals surface area contributed by atoms with E-state index < -0.39 is 23.5 Å². The van der Waals surface area contributed by atoms with Gasteiger partial charge < -0.3 is 0 Å². The van der Waals surface area contributed by atoms with Gasteiger partial charge in [0.05, 0.1) is 0 Å². The van der Waals surface area contributed by atoms with E-state index in [1.165, 1.54) is 13.9 Å². The molecule has 2 aromatic carbocycles. The third kappa shape index (κ3) is 6.36. The second-order valence-electron chi connectivity index (χ2n) is 5.91. The summed E-state index contributed by atoms with van der Waals surface area (Å²) >= 11 is -1.33. The monoisotopic (exact) mass is 434 g/mol. The molecule has 26 heavy (non-hydrogen) atoms. The van der Waals surface area contributed by atoms with Crippen molar-refractivity contribution < 1.29 is 13.3 Å². The van der Waals surface area contributed by atoms with Crippen LogP contribution in [0.4, 0.5) is 0 Å². The zero-order chi connectivity index (χ0) is 18.7. The molecule has 0 saturated carbocycles. The Balaban J connectivity index is 2.11. The van der Waals surface area contributed by atoms with Crippen molar-refractivity contribution in [1.82, 2.24) is 0 Å². The molecule has 0 heterocycles. The van der Waals surface area contributed by atoms with E-state index in [2.05, 4.69) is 60.7 Å². The summed E-state index contributed by atoms with van der Waals surface area (Å²) in [6.07, 6.45) is 1.08. The van der Waals surface area contributed by atoms with Gasteiger partial charge in [0, 0.05) is 0 Å². The van der Waals surface area contributed by atoms with Crippen LogP contribution < -0.4 is 8.70 Å². The van der Waals surface area contributed by atoms with Crippen LogP contribution in [-0.2, 0) is 13.3 Å². The first-order valence-electron chi connectivity index (χ1n) is 9.54. The van der Waals surface area contributed by atoms with Crippen molar-refractivity contribution in [3.63, 3.8) is 0 Å². The number of rotatable bonds is 12. The third-order valence-electron chi connectivity index (χ3n) is 4.09. The number of hydrogen-bond donors (Lipinski definition) is 0. The molecule has 0 radical (unpaired) electrons. The second-order valence-corrected chi connectivity index (χ2v) is 13.5. The van der Waals surface area contributed by atoms with Crippen LogP contribution in [0, 0.1) is 0 Å². The molecule has 0 saturated heterocycles. The van der Waals surface area contributed by atoms with Crippen molar-refractivity contribution in [2.75, 3.05) is 19.8 Å². The molecule has 2 rings (SSSR count). The Morgan fingerprint density at radius 2 is 1.12 bits per heavy atom. The number of hydrogen-bond acceptors (Lipinski definition) is 3. The molecule has 3 nitrogen and oxygen atoms in total. The van der Waals surface area contributed by atoms with E-state index >= 15 is 0 Å². The fraction of sp³-hybridized carbons (Fsp3) is 0.429. The van der Waals surface area contributed by atoms with Gasteiger partial charge in [0.1, 0.15) is 0 Å². The Morgan fingerprint density at radius 3 is 1.50 bits per heavy atom. The second kappa shape index (κ2) is 11.7. The molecule has 0 unspecified atom stereocenters. The van der Waals surface area contributed by atoms with Crippen LogP contribution in [0.2, 0.25) is 11.3 Å². The van der Waals surface area contributed by atoms with Gasteiger partial charge in [0.2, 0.25) is 0 Å². The van der Waals surface area contributed by atoms with Crippen molar-refractivity contribution >= 4 is 32.2 Å². The molecule has 0 bridgehead atoms. The molecule has 0 spiro atoms. The minimum absolute atomic E-state index is 0.644. The fourth-order valence-corrected chi connectivity index (χ4v) is 11.3. The SMILES string of the molecule is CCO[Si](CCC[As](c1ccccc1)c1ccccc1)(OCC)OCC. The molecule has 0 aliphatic heterocycles. The molecule has 0 amide bonds. The summed E-state index contributed by atoms with van der Waals surface area (Å²) in [5, 5.41) is 1.20. The standard InChI is InChI=1S/C21H31AsO3Si/c1-4-23-26(24-5-2,25-6-3)19-13-18-22(20-14-9-7-10-15-20)21-16-11-8-12-17-21/h7-12,14-17H,4-6,13,18-19H2,1-3H3. The molecule has 0 aromatic heterocycles. The molecule has 2 aromatic rings. The van der Waals surface area contributed by atoms with Gasteiger partial charge in [-0.1, -0.05) is 0 Å². The van der Waals surface area contributed by atoms with Crippen LogP contribution in [0.3, 0.4) is 0 Å². The minimum atomic E-state index is -2.54. The quantitative estimate of drug-likeness (QED) is 0.477. The van der Waals surface area contributed by atoms with Gasteiger partial charge in [0.25, 0.3) is 0 Å². The molecule has 5 heteroatoms. The zero-order valence-corrected chi connectivity index (χ0v) is 19.1. The van der Waals surface area contributed by atoms with Crippen molar-refractivity contribution in [2.24, 2.45) is 0 Å². The molecule has 0 aliphatic rings. The Morgan fingerprint density at radius 1 is 0.692 bits per heavy atom. The van der Waals surface area contributed by atoms with Crippen molar-refractivity contribution in [2.45, 2.75) is 38.4 Å². The number of benzene rings is 2. The van der Waals surface area contributed by atoms with Crippen molar-refractivity contribution in [3.05, 3.63) is 60.7 Å². The van der Waals surface area contributed by atoms with Crippen molar-refractivity contribution in [1.29, 1.82) is 0 Å². The molecule has 142 valence electrons. The van der Waals surface area contributed by atoms with Crippen LogP contribution in [0.15, 0.2) is 60.7 Å². The summed E-state index contributed by atoms with van der Waals surface area (Å²) in [5.74, 6) is 0. The van der Waals surface area contributed by atoms with Gasteiger partial charge in [-0.05, 0) is 0 Å². The van der Waals surface area contributed by atoms with Gasteiger partial charge in [-0.15, -0.1) is 0 Å². The van der Waals surface area contributed by atoms with E-state index in [0.717, 1.165) is 12.5 Å². The first-order valence-corrected chi connectivity index (χ1v) is 14.7. The van der Waals surface area contributed by atoms with Crippen molar-refractivity contribution in [3.8, 4) is 0 Å². The fourth-order valence-electron chi connectivity index (χ4n) is 3.08. The molecule has 0 aliphatic carbocycles. The average molecular weight is 434 g/mol. The molecule has 0 atom stereocenters. The Kier molecular flexibility index (Phi) is 9.66. The Labute approximate surface area is 164 Å². The normalized spacial score (nSPS) is 11.8. The van der Waals surface area contributed by atoms with Gasteiger partial charge in [-0.2, -0.15) is 0 Å². The maximum absolute atomic E-state index is 6.01. The molecular weight excluding hydrogens is 403 g/mol. The summed E-state index contributed by atoms with van der Waals surface area (Å²) < 4.78 is 21.0. The Bertz CT molecular complexity index is 553. The van der Waals surface area contributed by atoms with E-state index in [-0.39, 0.29) is 0 Å². The topological polar surface area (TPSA) is 27.7 Å². The summed E-state index contributed by atoms with van der Waals surface area (Å²) in [5.41, 5.74) is 0. The first-order chi connectivity index (χ1) is 12.7. The predicted molar refractivity (Wildman–Crippen MR) is 113 cm³/mol. The molecule has 0 N–H and O–H groups in total. The van der Waals surface area contributed by atoms with Gasteiger partial charge in [0.15, 0.2) is 0 Å². The first kappa shape index (κ1) is 21.4. The van der Waals surface area contributed by atoms with Gasteiger partial charge in [-0.3, -0.25) is 0 Å². The van der Waals surface area contributed by atoms with E-state index in [4.69, 9.17) is 13.3 Å². The summed E-state index contributed by atoms with van der Waals surface area (Å²) in [6, 6.07) is 22.8. The van der Waals surface area contributed by atoms with Crippen LogP contribution in [-0.4, -0.2) is 43.3 Å². The third-order valence-corrected chi connectivity index (χ3v) is 12.7. The zero-order valence-electron chi connectivity index (χ0n) is 16.2. The van der Waals surface area contributed by atoms with E-state index in [1.54, 1.807) is 0 Å². The summed E-state index contributed by atoms with van der Waals surface area (Å²) in [4.78, 5) is 0.